The highest BCUT2D eigenvalue weighted by atomic mass is 16.5. The molecule has 70 valence electrons. The Kier molecular flexibility index (Phi) is 2.84. The molecule has 1 aromatic rings. The monoisotopic (exact) mass is 180 g/mol. The molecule has 0 aliphatic rings. The maximum Gasteiger partial charge on any atom is 0.222 e. The molecule has 4 nitrogen and oxygen atoms in total. The molecule has 0 atom stereocenters. The number of hydrogen-bond acceptors (Lipinski definition) is 3. The van der Waals surface area contributed by atoms with Crippen LogP contribution in [0.2, 0.25) is 0 Å². The molecule has 0 unspecified atom stereocenters. The summed E-state index contributed by atoms with van der Waals surface area (Å²) in [6.45, 7) is 5.67. The standard InChI is InChI=1S/C9H12N2O2/c1-4-5-13-9-8(6-12)7(2)10-11(9)3/h4,6H,1,5H2,2-3H3. The van der Waals surface area contributed by atoms with Crippen LogP contribution >= 0.6 is 0 Å². The molecule has 0 saturated carbocycles. The van der Waals surface area contributed by atoms with Gasteiger partial charge in [0.05, 0.1) is 11.3 Å². The number of ether oxygens (including phenoxy) is 1. The van der Waals surface area contributed by atoms with Crippen LogP contribution in [0.15, 0.2) is 12.7 Å². The fraction of sp³-hybridized carbons (Fsp3) is 0.333. The zero-order valence-electron chi connectivity index (χ0n) is 7.78. The largest absolute Gasteiger partial charge is 0.473 e. The smallest absolute Gasteiger partial charge is 0.222 e. The van der Waals surface area contributed by atoms with Crippen molar-refractivity contribution in [2.24, 2.45) is 7.05 Å². The van der Waals surface area contributed by atoms with Gasteiger partial charge in [-0.25, -0.2) is 4.68 Å². The molecule has 0 radical (unpaired) electrons. The predicted octanol–water partition coefficient (Wildman–Crippen LogP) is 1.11. The Balaban J connectivity index is 3.01. The van der Waals surface area contributed by atoms with E-state index in [2.05, 4.69) is 11.7 Å². The number of aromatic nitrogens is 2. The van der Waals surface area contributed by atoms with Gasteiger partial charge in [-0.3, -0.25) is 4.79 Å². The molecule has 1 aromatic heterocycles. The summed E-state index contributed by atoms with van der Waals surface area (Å²) < 4.78 is 6.82. The maximum absolute atomic E-state index is 10.7. The van der Waals surface area contributed by atoms with E-state index in [1.807, 2.05) is 0 Å². The second-order valence-corrected chi connectivity index (χ2v) is 2.65. The van der Waals surface area contributed by atoms with Gasteiger partial charge in [-0.15, -0.1) is 0 Å². The first kappa shape index (κ1) is 9.51. The highest BCUT2D eigenvalue weighted by Gasteiger charge is 2.12. The van der Waals surface area contributed by atoms with E-state index in [0.717, 1.165) is 6.29 Å². The summed E-state index contributed by atoms with van der Waals surface area (Å²) in [6.07, 6.45) is 2.37. The minimum atomic E-state index is 0.375. The predicted molar refractivity (Wildman–Crippen MR) is 49.0 cm³/mol. The van der Waals surface area contributed by atoms with Crippen molar-refractivity contribution in [3.05, 3.63) is 23.9 Å². The Labute approximate surface area is 76.8 Å². The third kappa shape index (κ3) is 1.77. The highest BCUT2D eigenvalue weighted by Crippen LogP contribution is 2.18. The van der Waals surface area contributed by atoms with Gasteiger partial charge < -0.3 is 4.74 Å². The van der Waals surface area contributed by atoms with E-state index in [1.165, 1.54) is 0 Å². The van der Waals surface area contributed by atoms with Gasteiger partial charge >= 0.3 is 0 Å². The summed E-state index contributed by atoms with van der Waals surface area (Å²) >= 11 is 0. The van der Waals surface area contributed by atoms with Gasteiger partial charge in [0.1, 0.15) is 6.61 Å². The average molecular weight is 180 g/mol. The van der Waals surface area contributed by atoms with Crippen molar-refractivity contribution in [3.8, 4) is 5.88 Å². The van der Waals surface area contributed by atoms with Crippen LogP contribution in [0.3, 0.4) is 0 Å². The van der Waals surface area contributed by atoms with Crippen LogP contribution in [-0.4, -0.2) is 22.7 Å². The lowest BCUT2D eigenvalue weighted by Crippen LogP contribution is -2.01. The number of hydrogen-bond donors (Lipinski definition) is 0. The molecule has 0 bridgehead atoms. The van der Waals surface area contributed by atoms with Gasteiger partial charge in [0.25, 0.3) is 0 Å². The molecule has 1 heterocycles. The van der Waals surface area contributed by atoms with Crippen molar-refractivity contribution in [1.82, 2.24) is 9.78 Å². The molecule has 0 spiro atoms. The summed E-state index contributed by atoms with van der Waals surface area (Å²) in [7, 11) is 1.73. The second kappa shape index (κ2) is 3.89. The molecule has 0 fully saturated rings. The van der Waals surface area contributed by atoms with Crippen molar-refractivity contribution in [3.63, 3.8) is 0 Å². The Morgan fingerprint density at radius 2 is 2.38 bits per heavy atom. The second-order valence-electron chi connectivity index (χ2n) is 2.65. The van der Waals surface area contributed by atoms with E-state index in [0.29, 0.717) is 23.7 Å². The quantitative estimate of drug-likeness (QED) is 0.515. The molecule has 0 aliphatic heterocycles. The normalized spacial score (nSPS) is 9.69. The van der Waals surface area contributed by atoms with Crippen LogP contribution in [0.1, 0.15) is 16.1 Å². The number of aryl methyl sites for hydroxylation is 2. The summed E-state index contributed by atoms with van der Waals surface area (Å²) in [5, 5.41) is 4.06. The number of carbonyl (C=O) groups excluding carboxylic acids is 1. The summed E-state index contributed by atoms with van der Waals surface area (Å²) in [5.41, 5.74) is 1.18. The van der Waals surface area contributed by atoms with Crippen LogP contribution < -0.4 is 4.74 Å². The van der Waals surface area contributed by atoms with Crippen molar-refractivity contribution < 1.29 is 9.53 Å². The zero-order chi connectivity index (χ0) is 9.84. The van der Waals surface area contributed by atoms with Gasteiger partial charge in [0.15, 0.2) is 6.29 Å². The first-order chi connectivity index (χ1) is 6.20. The van der Waals surface area contributed by atoms with E-state index in [9.17, 15) is 4.79 Å². The van der Waals surface area contributed by atoms with Gasteiger partial charge in [-0.2, -0.15) is 5.10 Å². The van der Waals surface area contributed by atoms with Crippen LogP contribution in [0.5, 0.6) is 5.88 Å². The number of aldehydes is 1. The Bertz CT molecular complexity index is 329. The molecule has 0 N–H and O–H groups in total. The van der Waals surface area contributed by atoms with E-state index >= 15 is 0 Å². The zero-order valence-corrected chi connectivity index (χ0v) is 7.78. The minimum Gasteiger partial charge on any atom is -0.473 e. The number of rotatable bonds is 4. The molecule has 4 heteroatoms. The molecule has 1 rings (SSSR count). The van der Waals surface area contributed by atoms with E-state index in [-0.39, 0.29) is 0 Å². The van der Waals surface area contributed by atoms with E-state index in [4.69, 9.17) is 4.74 Å². The van der Waals surface area contributed by atoms with Crippen molar-refractivity contribution in [2.75, 3.05) is 6.61 Å². The molecule has 0 aromatic carbocycles. The number of carbonyl (C=O) groups is 1. The SMILES string of the molecule is C=CCOc1c(C=O)c(C)nn1C. The molecule has 0 aliphatic carbocycles. The lowest BCUT2D eigenvalue weighted by molar-refractivity contribution is 0.111. The van der Waals surface area contributed by atoms with Crippen molar-refractivity contribution in [1.29, 1.82) is 0 Å². The lowest BCUT2D eigenvalue weighted by atomic mass is 10.3. The molecule has 0 amide bonds. The van der Waals surface area contributed by atoms with E-state index < -0.39 is 0 Å². The van der Waals surface area contributed by atoms with Crippen molar-refractivity contribution in [2.45, 2.75) is 6.92 Å². The Morgan fingerprint density at radius 1 is 1.69 bits per heavy atom. The summed E-state index contributed by atoms with van der Waals surface area (Å²) in [6, 6.07) is 0. The van der Waals surface area contributed by atoms with Gasteiger partial charge in [0.2, 0.25) is 5.88 Å². The van der Waals surface area contributed by atoms with Crippen LogP contribution in [0, 0.1) is 6.92 Å². The van der Waals surface area contributed by atoms with Crippen molar-refractivity contribution >= 4 is 6.29 Å². The van der Waals surface area contributed by atoms with Gasteiger partial charge in [0, 0.05) is 7.05 Å². The van der Waals surface area contributed by atoms with Crippen LogP contribution in [-0.2, 0) is 7.05 Å². The third-order valence-corrected chi connectivity index (χ3v) is 1.67. The fourth-order valence-corrected chi connectivity index (χ4v) is 1.10. The van der Waals surface area contributed by atoms with E-state index in [1.54, 1.807) is 24.7 Å². The van der Waals surface area contributed by atoms with Crippen LogP contribution in [0.4, 0.5) is 0 Å². The lowest BCUT2D eigenvalue weighted by Gasteiger charge is -2.02. The third-order valence-electron chi connectivity index (χ3n) is 1.67. The minimum absolute atomic E-state index is 0.375. The maximum atomic E-state index is 10.7. The topological polar surface area (TPSA) is 44.1 Å². The van der Waals surface area contributed by atoms with Gasteiger partial charge in [-0.1, -0.05) is 12.7 Å². The molecular formula is C9H12N2O2. The van der Waals surface area contributed by atoms with Gasteiger partial charge in [-0.05, 0) is 6.92 Å². The first-order valence-electron chi connectivity index (χ1n) is 3.93. The molecule has 0 saturated heterocycles. The Hall–Kier alpha value is -1.58. The van der Waals surface area contributed by atoms with Crippen LogP contribution in [0.25, 0.3) is 0 Å². The highest BCUT2D eigenvalue weighted by molar-refractivity contribution is 5.80. The molecule has 13 heavy (non-hydrogen) atoms. The first-order valence-corrected chi connectivity index (χ1v) is 3.93. The average Bonchev–Trinajstić information content (AvgIpc) is 2.37. The number of nitrogens with zero attached hydrogens (tertiary/aromatic N) is 2. The molecular weight excluding hydrogens is 168 g/mol. The summed E-state index contributed by atoms with van der Waals surface area (Å²) in [5.74, 6) is 0.493. The fourth-order valence-electron chi connectivity index (χ4n) is 1.10. The Morgan fingerprint density at radius 3 is 2.92 bits per heavy atom. The summed E-state index contributed by atoms with van der Waals surface area (Å²) in [4.78, 5) is 10.7.